The van der Waals surface area contributed by atoms with Crippen LogP contribution in [0.4, 0.5) is 19.0 Å². The van der Waals surface area contributed by atoms with Crippen molar-refractivity contribution in [1.82, 2.24) is 9.97 Å². The molecule has 3 rings (SSSR count). The number of nitrogen functional groups attached to an aromatic ring is 1. The normalized spacial score (nSPS) is 15.2. The number of rotatable bonds is 2. The molecule has 1 aromatic heterocycles. The molecule has 21 heavy (non-hydrogen) atoms. The van der Waals surface area contributed by atoms with E-state index in [9.17, 15) is 13.2 Å². The van der Waals surface area contributed by atoms with E-state index in [2.05, 4.69) is 25.9 Å². The van der Waals surface area contributed by atoms with Crippen LogP contribution in [-0.2, 0) is 6.18 Å². The van der Waals surface area contributed by atoms with Gasteiger partial charge >= 0.3 is 6.18 Å². The van der Waals surface area contributed by atoms with Crippen LogP contribution in [0.1, 0.15) is 30.0 Å². The molecule has 1 aliphatic rings. The van der Waals surface area contributed by atoms with Crippen molar-refractivity contribution in [1.29, 1.82) is 0 Å². The minimum Gasteiger partial charge on any atom is -0.383 e. The molecule has 1 aliphatic carbocycles. The molecule has 0 amide bonds. The Bertz CT molecular complexity index is 696. The molecule has 2 aromatic rings. The summed E-state index contributed by atoms with van der Waals surface area (Å²) in [5.41, 5.74) is 5.69. The maximum Gasteiger partial charge on any atom is 0.417 e. The summed E-state index contributed by atoms with van der Waals surface area (Å²) in [7, 11) is 0. The number of aromatic nitrogens is 2. The van der Waals surface area contributed by atoms with Crippen molar-refractivity contribution in [2.24, 2.45) is 0 Å². The molecule has 7 heteroatoms. The summed E-state index contributed by atoms with van der Waals surface area (Å²) in [6.45, 7) is 0. The fourth-order valence-electron chi connectivity index (χ4n) is 2.16. The summed E-state index contributed by atoms with van der Waals surface area (Å²) >= 11 is 3.31. The number of hydrogen-bond acceptors (Lipinski definition) is 3. The average Bonchev–Trinajstić information content (AvgIpc) is 3.25. The van der Waals surface area contributed by atoms with Gasteiger partial charge in [-0.05, 0) is 34.8 Å². The molecule has 0 bridgehead atoms. The van der Waals surface area contributed by atoms with Gasteiger partial charge in [0.15, 0.2) is 5.82 Å². The Labute approximate surface area is 127 Å². The Kier molecular flexibility index (Phi) is 3.39. The monoisotopic (exact) mass is 357 g/mol. The first-order valence-electron chi connectivity index (χ1n) is 6.37. The van der Waals surface area contributed by atoms with E-state index >= 15 is 0 Å². The highest BCUT2D eigenvalue weighted by molar-refractivity contribution is 9.10. The predicted molar refractivity (Wildman–Crippen MR) is 76.6 cm³/mol. The molecular weight excluding hydrogens is 347 g/mol. The van der Waals surface area contributed by atoms with E-state index in [0.717, 1.165) is 18.9 Å². The van der Waals surface area contributed by atoms with Gasteiger partial charge in [-0.15, -0.1) is 0 Å². The van der Waals surface area contributed by atoms with Gasteiger partial charge in [0, 0.05) is 11.5 Å². The Hall–Kier alpha value is -1.63. The van der Waals surface area contributed by atoms with Crippen LogP contribution in [0, 0.1) is 0 Å². The van der Waals surface area contributed by atoms with Crippen molar-refractivity contribution in [3.63, 3.8) is 0 Å². The van der Waals surface area contributed by atoms with Crippen LogP contribution in [0.15, 0.2) is 28.7 Å². The first-order chi connectivity index (χ1) is 9.88. The number of benzene rings is 1. The maximum atomic E-state index is 13.1. The topological polar surface area (TPSA) is 51.8 Å². The van der Waals surface area contributed by atoms with Gasteiger partial charge in [-0.1, -0.05) is 18.2 Å². The van der Waals surface area contributed by atoms with E-state index < -0.39 is 11.7 Å². The number of anilines is 1. The fourth-order valence-corrected chi connectivity index (χ4v) is 2.66. The lowest BCUT2D eigenvalue weighted by molar-refractivity contribution is -0.137. The molecule has 1 saturated carbocycles. The molecule has 0 saturated heterocycles. The first-order valence-corrected chi connectivity index (χ1v) is 7.16. The highest BCUT2D eigenvalue weighted by Crippen LogP contribution is 2.44. The standard InChI is InChI=1S/C14H11BrF3N3/c15-10-11(7-5-6-7)20-13(21-12(10)19)8-3-1-2-4-9(8)14(16,17)18/h1-4,7H,5-6H2,(H2,19,20,21). The Morgan fingerprint density at radius 1 is 1.14 bits per heavy atom. The Morgan fingerprint density at radius 2 is 1.81 bits per heavy atom. The molecule has 0 spiro atoms. The minimum atomic E-state index is -4.46. The third-order valence-electron chi connectivity index (χ3n) is 3.34. The minimum absolute atomic E-state index is 0.0190. The molecule has 0 unspecified atom stereocenters. The van der Waals surface area contributed by atoms with Crippen LogP contribution in [0.2, 0.25) is 0 Å². The zero-order valence-corrected chi connectivity index (χ0v) is 12.4. The van der Waals surface area contributed by atoms with Gasteiger partial charge < -0.3 is 5.73 Å². The summed E-state index contributed by atoms with van der Waals surface area (Å²) < 4.78 is 39.8. The second kappa shape index (κ2) is 4.98. The fraction of sp³-hybridized carbons (Fsp3) is 0.286. The zero-order valence-electron chi connectivity index (χ0n) is 10.8. The molecule has 1 aromatic carbocycles. The Morgan fingerprint density at radius 3 is 2.43 bits per heavy atom. The third kappa shape index (κ3) is 2.74. The van der Waals surface area contributed by atoms with E-state index in [1.165, 1.54) is 18.2 Å². The average molecular weight is 358 g/mol. The van der Waals surface area contributed by atoms with E-state index in [1.54, 1.807) is 0 Å². The van der Waals surface area contributed by atoms with E-state index in [4.69, 9.17) is 5.73 Å². The highest BCUT2D eigenvalue weighted by Gasteiger charge is 2.35. The SMILES string of the molecule is Nc1nc(-c2ccccc2C(F)(F)F)nc(C2CC2)c1Br. The van der Waals surface area contributed by atoms with Crippen LogP contribution in [0.25, 0.3) is 11.4 Å². The highest BCUT2D eigenvalue weighted by atomic mass is 79.9. The third-order valence-corrected chi connectivity index (χ3v) is 4.15. The molecule has 0 radical (unpaired) electrons. The summed E-state index contributed by atoms with van der Waals surface area (Å²) in [5, 5.41) is 0. The zero-order chi connectivity index (χ0) is 15.2. The number of hydrogen-bond donors (Lipinski definition) is 1. The van der Waals surface area contributed by atoms with Crippen molar-refractivity contribution in [3.8, 4) is 11.4 Å². The van der Waals surface area contributed by atoms with Crippen molar-refractivity contribution >= 4 is 21.7 Å². The molecular formula is C14H11BrF3N3. The maximum absolute atomic E-state index is 13.1. The van der Waals surface area contributed by atoms with Gasteiger partial charge in [0.2, 0.25) is 0 Å². The predicted octanol–water partition coefficient (Wildman–Crippen LogP) is 4.38. The molecule has 2 N–H and O–H groups in total. The van der Waals surface area contributed by atoms with Crippen LogP contribution >= 0.6 is 15.9 Å². The molecule has 0 atom stereocenters. The largest absolute Gasteiger partial charge is 0.417 e. The van der Waals surface area contributed by atoms with Gasteiger partial charge in [-0.2, -0.15) is 13.2 Å². The van der Waals surface area contributed by atoms with Gasteiger partial charge in [0.05, 0.1) is 15.7 Å². The smallest absolute Gasteiger partial charge is 0.383 e. The quantitative estimate of drug-likeness (QED) is 0.867. The van der Waals surface area contributed by atoms with E-state index in [0.29, 0.717) is 10.2 Å². The first kappa shape index (κ1) is 14.3. The second-order valence-electron chi connectivity index (χ2n) is 4.95. The van der Waals surface area contributed by atoms with E-state index in [-0.39, 0.29) is 23.1 Å². The van der Waals surface area contributed by atoms with Crippen LogP contribution in [0.3, 0.4) is 0 Å². The number of halogens is 4. The van der Waals surface area contributed by atoms with Gasteiger partial charge in [0.25, 0.3) is 0 Å². The van der Waals surface area contributed by atoms with Crippen LogP contribution in [-0.4, -0.2) is 9.97 Å². The van der Waals surface area contributed by atoms with Gasteiger partial charge in [-0.25, -0.2) is 9.97 Å². The van der Waals surface area contributed by atoms with Crippen LogP contribution < -0.4 is 5.73 Å². The molecule has 0 aliphatic heterocycles. The lowest BCUT2D eigenvalue weighted by atomic mass is 10.1. The molecule has 3 nitrogen and oxygen atoms in total. The summed E-state index contributed by atoms with van der Waals surface area (Å²) in [6.07, 6.45) is -2.52. The van der Waals surface area contributed by atoms with Crippen molar-refractivity contribution < 1.29 is 13.2 Å². The van der Waals surface area contributed by atoms with E-state index in [1.807, 2.05) is 0 Å². The molecule has 1 heterocycles. The lowest BCUT2D eigenvalue weighted by Crippen LogP contribution is -2.09. The van der Waals surface area contributed by atoms with Gasteiger partial charge in [-0.3, -0.25) is 0 Å². The summed E-state index contributed by atoms with van der Waals surface area (Å²) in [4.78, 5) is 8.31. The van der Waals surface area contributed by atoms with Gasteiger partial charge in [0.1, 0.15) is 5.82 Å². The van der Waals surface area contributed by atoms with Crippen molar-refractivity contribution in [2.45, 2.75) is 24.9 Å². The molecule has 110 valence electrons. The summed E-state index contributed by atoms with van der Waals surface area (Å²) in [6, 6.07) is 5.26. The summed E-state index contributed by atoms with van der Waals surface area (Å²) in [5.74, 6) is 0.436. The second-order valence-corrected chi connectivity index (χ2v) is 5.74. The number of nitrogens with two attached hydrogens (primary N) is 1. The van der Waals surface area contributed by atoms with Crippen molar-refractivity contribution in [2.75, 3.05) is 5.73 Å². The Balaban J connectivity index is 2.18. The number of alkyl halides is 3. The van der Waals surface area contributed by atoms with Crippen molar-refractivity contribution in [3.05, 3.63) is 40.0 Å². The lowest BCUT2D eigenvalue weighted by Gasteiger charge is -2.13. The van der Waals surface area contributed by atoms with Crippen LogP contribution in [0.5, 0.6) is 0 Å². The number of nitrogens with zero attached hydrogens (tertiary/aromatic N) is 2. The molecule has 1 fully saturated rings.